The maximum absolute atomic E-state index is 2.29. The molecule has 0 bridgehead atoms. The zero-order valence-electron chi connectivity index (χ0n) is 15.1. The summed E-state index contributed by atoms with van der Waals surface area (Å²) in [6.45, 7) is 27.3. The van der Waals surface area contributed by atoms with Crippen LogP contribution in [0.1, 0.15) is 96.9 Å². The summed E-state index contributed by atoms with van der Waals surface area (Å²) in [5.41, 5.74) is 0.969. The summed E-state index contributed by atoms with van der Waals surface area (Å²) in [5.74, 6) is 0. The lowest BCUT2D eigenvalue weighted by molar-refractivity contribution is 0.233. The van der Waals surface area contributed by atoms with Gasteiger partial charge in [-0.1, -0.05) is 90.5 Å². The summed E-state index contributed by atoms with van der Waals surface area (Å²) in [6, 6.07) is 0. The Morgan fingerprint density at radius 2 is 0.737 bits per heavy atom. The number of hydrogen-bond acceptors (Lipinski definition) is 1. The SMILES string of the molecule is C.CC(C)(C)CC(C)(C)C.CC(C)(C)SC(C)(C)C. The van der Waals surface area contributed by atoms with Crippen LogP contribution in [0.5, 0.6) is 0 Å². The first kappa shape index (κ1) is 24.4. The summed E-state index contributed by atoms with van der Waals surface area (Å²) in [6.07, 6.45) is 1.29. The smallest absolute Gasteiger partial charge is 0.00803 e. The largest absolute Gasteiger partial charge is 0.150 e. The Labute approximate surface area is 129 Å². The molecular formula is C18H42S. The van der Waals surface area contributed by atoms with Crippen molar-refractivity contribution in [2.24, 2.45) is 10.8 Å². The van der Waals surface area contributed by atoms with Gasteiger partial charge in [-0.25, -0.2) is 0 Å². The minimum absolute atomic E-state index is 0. The van der Waals surface area contributed by atoms with Crippen LogP contribution in [0.4, 0.5) is 0 Å². The van der Waals surface area contributed by atoms with Gasteiger partial charge < -0.3 is 0 Å². The standard InChI is InChI=1S/C9H20.C8H18S.CH4/c1-8(2,3)7-9(4,5)6;1-7(2,3)9-8(4,5)6;/h7H2,1-6H3;1-6H3;1H4. The molecule has 0 atom stereocenters. The highest BCUT2D eigenvalue weighted by Gasteiger charge is 2.21. The maximum atomic E-state index is 2.29. The lowest BCUT2D eigenvalue weighted by Crippen LogP contribution is -2.19. The fraction of sp³-hybridized carbons (Fsp3) is 1.00. The second-order valence-electron chi connectivity index (χ2n) is 9.62. The molecule has 0 aliphatic rings. The quantitative estimate of drug-likeness (QED) is 0.447. The van der Waals surface area contributed by atoms with Crippen LogP contribution < -0.4 is 0 Å². The van der Waals surface area contributed by atoms with Crippen molar-refractivity contribution < 1.29 is 0 Å². The molecule has 120 valence electrons. The van der Waals surface area contributed by atoms with E-state index < -0.39 is 0 Å². The van der Waals surface area contributed by atoms with Crippen LogP contribution in [0.2, 0.25) is 0 Å². The summed E-state index contributed by atoms with van der Waals surface area (Å²) in [7, 11) is 0. The highest BCUT2D eigenvalue weighted by Crippen LogP contribution is 2.35. The van der Waals surface area contributed by atoms with E-state index in [-0.39, 0.29) is 7.43 Å². The van der Waals surface area contributed by atoms with Gasteiger partial charge in [0, 0.05) is 9.49 Å². The Morgan fingerprint density at radius 1 is 0.526 bits per heavy atom. The lowest BCUT2D eigenvalue weighted by Gasteiger charge is -2.28. The summed E-state index contributed by atoms with van der Waals surface area (Å²) >= 11 is 2.01. The van der Waals surface area contributed by atoms with Gasteiger partial charge in [0.1, 0.15) is 0 Å². The minimum atomic E-state index is 0. The van der Waals surface area contributed by atoms with Crippen molar-refractivity contribution >= 4 is 11.8 Å². The average molecular weight is 291 g/mol. The Hall–Kier alpha value is 0.350. The molecular weight excluding hydrogens is 248 g/mol. The lowest BCUT2D eigenvalue weighted by atomic mass is 9.78. The number of rotatable bonds is 0. The maximum Gasteiger partial charge on any atom is 0.00803 e. The van der Waals surface area contributed by atoms with Gasteiger partial charge in [-0.05, 0) is 17.3 Å². The first-order chi connectivity index (χ1) is 7.41. The van der Waals surface area contributed by atoms with Gasteiger partial charge in [0.2, 0.25) is 0 Å². The molecule has 0 aromatic rings. The molecule has 0 aromatic heterocycles. The van der Waals surface area contributed by atoms with E-state index in [2.05, 4.69) is 83.1 Å². The van der Waals surface area contributed by atoms with Crippen molar-refractivity contribution in [2.45, 2.75) is 106 Å². The van der Waals surface area contributed by atoms with Gasteiger partial charge in [-0.3, -0.25) is 0 Å². The predicted molar refractivity (Wildman–Crippen MR) is 97.4 cm³/mol. The molecule has 0 fully saturated rings. The average Bonchev–Trinajstić information content (AvgIpc) is 1.64. The zero-order valence-corrected chi connectivity index (χ0v) is 15.9. The highest BCUT2D eigenvalue weighted by atomic mass is 32.2. The molecule has 0 aliphatic carbocycles. The van der Waals surface area contributed by atoms with Crippen LogP contribution in [0.3, 0.4) is 0 Å². The monoisotopic (exact) mass is 290 g/mol. The van der Waals surface area contributed by atoms with Crippen LogP contribution in [0, 0.1) is 10.8 Å². The van der Waals surface area contributed by atoms with Crippen LogP contribution in [0.25, 0.3) is 0 Å². The minimum Gasteiger partial charge on any atom is -0.150 e. The van der Waals surface area contributed by atoms with Gasteiger partial charge in [0.15, 0.2) is 0 Å². The van der Waals surface area contributed by atoms with Crippen molar-refractivity contribution in [1.29, 1.82) is 0 Å². The summed E-state index contributed by atoms with van der Waals surface area (Å²) in [4.78, 5) is 0. The Bertz CT molecular complexity index is 162. The van der Waals surface area contributed by atoms with Crippen molar-refractivity contribution in [3.8, 4) is 0 Å². The van der Waals surface area contributed by atoms with Crippen molar-refractivity contribution in [3.05, 3.63) is 0 Å². The third-order valence-corrected chi connectivity index (χ3v) is 2.90. The Kier molecular flexibility index (Phi) is 10.2. The van der Waals surface area contributed by atoms with E-state index in [4.69, 9.17) is 0 Å². The first-order valence-corrected chi connectivity index (χ1v) is 7.93. The Balaban J connectivity index is -0.000000256. The molecule has 0 heterocycles. The molecule has 0 aromatic carbocycles. The molecule has 0 spiro atoms. The third-order valence-electron chi connectivity index (χ3n) is 1.67. The zero-order chi connectivity index (χ0) is 15.4. The first-order valence-electron chi connectivity index (χ1n) is 7.12. The molecule has 0 saturated carbocycles. The van der Waals surface area contributed by atoms with Gasteiger partial charge in [0.05, 0.1) is 0 Å². The van der Waals surface area contributed by atoms with E-state index in [1.165, 1.54) is 6.42 Å². The predicted octanol–water partition coefficient (Wildman–Crippen LogP) is 7.42. The molecule has 0 unspecified atom stereocenters. The van der Waals surface area contributed by atoms with Crippen molar-refractivity contribution in [3.63, 3.8) is 0 Å². The van der Waals surface area contributed by atoms with Gasteiger partial charge in [0.25, 0.3) is 0 Å². The number of hydrogen-bond donors (Lipinski definition) is 0. The van der Waals surface area contributed by atoms with E-state index in [0.29, 0.717) is 20.3 Å². The molecule has 19 heavy (non-hydrogen) atoms. The van der Waals surface area contributed by atoms with Crippen molar-refractivity contribution in [1.82, 2.24) is 0 Å². The number of thioether (sulfide) groups is 1. The molecule has 0 nitrogen and oxygen atoms in total. The topological polar surface area (TPSA) is 0 Å². The van der Waals surface area contributed by atoms with E-state index in [1.807, 2.05) is 11.8 Å². The van der Waals surface area contributed by atoms with Crippen LogP contribution in [-0.4, -0.2) is 9.49 Å². The van der Waals surface area contributed by atoms with E-state index in [9.17, 15) is 0 Å². The molecule has 0 aliphatic heterocycles. The van der Waals surface area contributed by atoms with Crippen LogP contribution in [0.15, 0.2) is 0 Å². The molecule has 0 saturated heterocycles. The van der Waals surface area contributed by atoms with Crippen LogP contribution >= 0.6 is 11.8 Å². The second kappa shape index (κ2) is 7.96. The summed E-state index contributed by atoms with van der Waals surface area (Å²) < 4.78 is 0.802. The van der Waals surface area contributed by atoms with E-state index in [1.54, 1.807) is 0 Å². The molecule has 0 rings (SSSR count). The Morgan fingerprint density at radius 3 is 0.737 bits per heavy atom. The van der Waals surface area contributed by atoms with E-state index >= 15 is 0 Å². The molecule has 0 radical (unpaired) electrons. The summed E-state index contributed by atoms with van der Waals surface area (Å²) in [5, 5.41) is 0. The second-order valence-corrected chi connectivity index (χ2v) is 12.3. The fourth-order valence-corrected chi connectivity index (χ4v) is 4.35. The normalized spacial score (nSPS) is 13.3. The van der Waals surface area contributed by atoms with Gasteiger partial charge >= 0.3 is 0 Å². The van der Waals surface area contributed by atoms with Gasteiger partial charge in [-0.2, -0.15) is 11.8 Å². The highest BCUT2D eigenvalue weighted by molar-refractivity contribution is 8.01. The van der Waals surface area contributed by atoms with Crippen molar-refractivity contribution in [2.75, 3.05) is 0 Å². The van der Waals surface area contributed by atoms with Crippen LogP contribution in [-0.2, 0) is 0 Å². The molecule has 0 N–H and O–H groups in total. The third kappa shape index (κ3) is 32.2. The van der Waals surface area contributed by atoms with Gasteiger partial charge in [-0.15, -0.1) is 0 Å². The molecule has 0 amide bonds. The fourth-order valence-electron chi connectivity index (χ4n) is 2.51. The molecule has 1 heteroatoms. The van der Waals surface area contributed by atoms with E-state index in [0.717, 1.165) is 0 Å².